The summed E-state index contributed by atoms with van der Waals surface area (Å²) in [6.07, 6.45) is 3.95. The average Bonchev–Trinajstić information content (AvgIpc) is 2.35. The Kier molecular flexibility index (Phi) is 7.69. The van der Waals surface area contributed by atoms with E-state index in [2.05, 4.69) is 54.5 Å². The van der Waals surface area contributed by atoms with E-state index in [1.807, 2.05) is 0 Å². The van der Waals surface area contributed by atoms with E-state index in [1.54, 1.807) is 0 Å². The van der Waals surface area contributed by atoms with Gasteiger partial charge in [0.1, 0.15) is 0 Å². The standard InChI is InChI=1S/C15H26N2/c1-3-4-8-11-16-12-13-17(2)14-15-9-6-5-7-10-15/h5-7,9-10,16H,3-4,8,11-14H2,1-2H3. The van der Waals surface area contributed by atoms with Crippen molar-refractivity contribution >= 4 is 0 Å². The molecule has 0 saturated carbocycles. The monoisotopic (exact) mass is 234 g/mol. The van der Waals surface area contributed by atoms with Gasteiger partial charge in [-0.2, -0.15) is 0 Å². The fraction of sp³-hybridized carbons (Fsp3) is 0.600. The quantitative estimate of drug-likeness (QED) is 0.661. The Morgan fingerprint density at radius 1 is 1.06 bits per heavy atom. The van der Waals surface area contributed by atoms with Gasteiger partial charge in [0.25, 0.3) is 0 Å². The van der Waals surface area contributed by atoms with Crippen LogP contribution in [0.25, 0.3) is 0 Å². The molecule has 0 aliphatic rings. The number of nitrogens with one attached hydrogen (secondary N) is 1. The van der Waals surface area contributed by atoms with Crippen LogP contribution in [-0.4, -0.2) is 31.6 Å². The summed E-state index contributed by atoms with van der Waals surface area (Å²) < 4.78 is 0. The smallest absolute Gasteiger partial charge is 0.0231 e. The normalized spacial score (nSPS) is 11.0. The van der Waals surface area contributed by atoms with Crippen LogP contribution >= 0.6 is 0 Å². The zero-order chi connectivity index (χ0) is 12.3. The van der Waals surface area contributed by atoms with Gasteiger partial charge < -0.3 is 10.2 Å². The van der Waals surface area contributed by atoms with Crippen LogP contribution < -0.4 is 5.32 Å². The van der Waals surface area contributed by atoms with Crippen LogP contribution in [0.15, 0.2) is 30.3 Å². The second-order valence-corrected chi connectivity index (χ2v) is 4.68. The van der Waals surface area contributed by atoms with Crippen LogP contribution in [0.3, 0.4) is 0 Å². The first-order valence-electron chi connectivity index (χ1n) is 6.76. The fourth-order valence-corrected chi connectivity index (χ4v) is 1.87. The van der Waals surface area contributed by atoms with E-state index < -0.39 is 0 Å². The molecule has 0 radical (unpaired) electrons. The molecule has 1 N–H and O–H groups in total. The SMILES string of the molecule is CCCCCNCCN(C)Cc1ccccc1. The molecule has 17 heavy (non-hydrogen) atoms. The highest BCUT2D eigenvalue weighted by molar-refractivity contribution is 5.14. The van der Waals surface area contributed by atoms with Crippen LogP contribution in [0.5, 0.6) is 0 Å². The van der Waals surface area contributed by atoms with Crippen LogP contribution in [0.4, 0.5) is 0 Å². The summed E-state index contributed by atoms with van der Waals surface area (Å²) in [5, 5.41) is 3.50. The molecule has 1 aromatic carbocycles. The van der Waals surface area contributed by atoms with Crippen molar-refractivity contribution in [2.45, 2.75) is 32.7 Å². The minimum absolute atomic E-state index is 1.04. The Labute approximate surface area is 106 Å². The maximum absolute atomic E-state index is 3.50. The Bertz CT molecular complexity index is 272. The molecule has 2 nitrogen and oxygen atoms in total. The summed E-state index contributed by atoms with van der Waals surface area (Å²) in [5.41, 5.74) is 1.39. The molecule has 0 unspecified atom stereocenters. The van der Waals surface area contributed by atoms with Crippen molar-refractivity contribution in [3.05, 3.63) is 35.9 Å². The molecular weight excluding hydrogens is 208 g/mol. The van der Waals surface area contributed by atoms with Gasteiger partial charge in [-0.3, -0.25) is 0 Å². The van der Waals surface area contributed by atoms with Crippen molar-refractivity contribution in [1.29, 1.82) is 0 Å². The zero-order valence-corrected chi connectivity index (χ0v) is 11.3. The van der Waals surface area contributed by atoms with Crippen molar-refractivity contribution in [3.63, 3.8) is 0 Å². The highest BCUT2D eigenvalue weighted by Crippen LogP contribution is 2.01. The maximum atomic E-state index is 3.50. The highest BCUT2D eigenvalue weighted by atomic mass is 15.1. The van der Waals surface area contributed by atoms with E-state index in [0.29, 0.717) is 0 Å². The minimum Gasteiger partial charge on any atom is -0.315 e. The van der Waals surface area contributed by atoms with Gasteiger partial charge in [-0.05, 0) is 25.6 Å². The molecule has 1 rings (SSSR count). The molecule has 0 bridgehead atoms. The molecule has 0 aliphatic carbocycles. The molecule has 0 amide bonds. The number of unbranched alkanes of at least 4 members (excludes halogenated alkanes) is 2. The predicted octanol–water partition coefficient (Wildman–Crippen LogP) is 2.90. The molecule has 0 aromatic heterocycles. The van der Waals surface area contributed by atoms with Crippen molar-refractivity contribution in [1.82, 2.24) is 10.2 Å². The van der Waals surface area contributed by atoms with Gasteiger partial charge in [-0.1, -0.05) is 50.1 Å². The number of likely N-dealkylation sites (N-methyl/N-ethyl adjacent to an activating group) is 1. The molecule has 0 heterocycles. The van der Waals surface area contributed by atoms with E-state index in [9.17, 15) is 0 Å². The zero-order valence-electron chi connectivity index (χ0n) is 11.3. The van der Waals surface area contributed by atoms with Crippen LogP contribution in [0.2, 0.25) is 0 Å². The summed E-state index contributed by atoms with van der Waals surface area (Å²) in [4.78, 5) is 2.36. The third-order valence-corrected chi connectivity index (χ3v) is 2.92. The molecule has 0 spiro atoms. The summed E-state index contributed by atoms with van der Waals surface area (Å²) >= 11 is 0. The van der Waals surface area contributed by atoms with E-state index >= 15 is 0 Å². The lowest BCUT2D eigenvalue weighted by Crippen LogP contribution is -2.29. The van der Waals surface area contributed by atoms with E-state index in [-0.39, 0.29) is 0 Å². The van der Waals surface area contributed by atoms with Gasteiger partial charge in [0.05, 0.1) is 0 Å². The van der Waals surface area contributed by atoms with Crippen molar-refractivity contribution in [2.24, 2.45) is 0 Å². The minimum atomic E-state index is 1.04. The van der Waals surface area contributed by atoms with E-state index in [4.69, 9.17) is 0 Å². The van der Waals surface area contributed by atoms with Gasteiger partial charge in [-0.15, -0.1) is 0 Å². The lowest BCUT2D eigenvalue weighted by Gasteiger charge is -2.16. The molecular formula is C15H26N2. The molecule has 1 aromatic rings. The number of hydrogen-bond acceptors (Lipinski definition) is 2. The van der Waals surface area contributed by atoms with Crippen molar-refractivity contribution < 1.29 is 0 Å². The first-order chi connectivity index (χ1) is 8.33. The lowest BCUT2D eigenvalue weighted by atomic mass is 10.2. The summed E-state index contributed by atoms with van der Waals surface area (Å²) in [6, 6.07) is 10.6. The van der Waals surface area contributed by atoms with Gasteiger partial charge in [0.2, 0.25) is 0 Å². The largest absolute Gasteiger partial charge is 0.315 e. The second kappa shape index (κ2) is 9.20. The molecule has 2 heteroatoms. The summed E-state index contributed by atoms with van der Waals surface area (Å²) in [5.74, 6) is 0. The maximum Gasteiger partial charge on any atom is 0.0231 e. The van der Waals surface area contributed by atoms with Gasteiger partial charge in [0, 0.05) is 19.6 Å². The third-order valence-electron chi connectivity index (χ3n) is 2.92. The number of rotatable bonds is 9. The third kappa shape index (κ3) is 7.14. The Balaban J connectivity index is 2.03. The number of nitrogens with zero attached hydrogens (tertiary/aromatic N) is 1. The summed E-state index contributed by atoms with van der Waals surface area (Å²) in [6.45, 7) is 6.65. The van der Waals surface area contributed by atoms with Crippen LogP contribution in [-0.2, 0) is 6.54 Å². The summed E-state index contributed by atoms with van der Waals surface area (Å²) in [7, 11) is 2.18. The topological polar surface area (TPSA) is 15.3 Å². The number of benzene rings is 1. The Morgan fingerprint density at radius 3 is 2.53 bits per heavy atom. The first kappa shape index (κ1) is 14.2. The van der Waals surface area contributed by atoms with Crippen LogP contribution in [0.1, 0.15) is 31.7 Å². The molecule has 0 aliphatic heterocycles. The van der Waals surface area contributed by atoms with Crippen LogP contribution in [0, 0.1) is 0 Å². The average molecular weight is 234 g/mol. The van der Waals surface area contributed by atoms with Gasteiger partial charge >= 0.3 is 0 Å². The highest BCUT2D eigenvalue weighted by Gasteiger charge is 1.98. The molecule has 0 atom stereocenters. The van der Waals surface area contributed by atoms with Crippen molar-refractivity contribution in [3.8, 4) is 0 Å². The first-order valence-corrected chi connectivity index (χ1v) is 6.76. The van der Waals surface area contributed by atoms with E-state index in [1.165, 1.54) is 24.8 Å². The Hall–Kier alpha value is -0.860. The molecule has 0 saturated heterocycles. The fourth-order valence-electron chi connectivity index (χ4n) is 1.87. The van der Waals surface area contributed by atoms with Crippen molar-refractivity contribution in [2.75, 3.05) is 26.7 Å². The Morgan fingerprint density at radius 2 is 1.82 bits per heavy atom. The van der Waals surface area contributed by atoms with E-state index in [0.717, 1.165) is 26.2 Å². The second-order valence-electron chi connectivity index (χ2n) is 4.68. The predicted molar refractivity (Wildman–Crippen MR) is 75.2 cm³/mol. The molecule has 96 valence electrons. The lowest BCUT2D eigenvalue weighted by molar-refractivity contribution is 0.324. The van der Waals surface area contributed by atoms with Gasteiger partial charge in [0.15, 0.2) is 0 Å². The number of hydrogen-bond donors (Lipinski definition) is 1. The molecule has 0 fully saturated rings. The van der Waals surface area contributed by atoms with Gasteiger partial charge in [-0.25, -0.2) is 0 Å².